The Labute approximate surface area is 68.1 Å². The first-order valence-electron chi connectivity index (χ1n) is 2.66. The van der Waals surface area contributed by atoms with Crippen molar-refractivity contribution in [1.29, 1.82) is 0 Å². The zero-order chi connectivity index (χ0) is 7.98. The van der Waals surface area contributed by atoms with Gasteiger partial charge in [-0.15, -0.1) is 0 Å². The van der Waals surface area contributed by atoms with E-state index in [1.165, 1.54) is 7.11 Å². The molecule has 3 nitrogen and oxygen atoms in total. The van der Waals surface area contributed by atoms with Crippen LogP contribution < -0.4 is 0 Å². The Morgan fingerprint density at radius 1 is 1.90 bits per heavy atom. The van der Waals surface area contributed by atoms with Crippen LogP contribution in [-0.4, -0.2) is 24.7 Å². The molecule has 1 unspecified atom stereocenters. The SMILES string of the molecule is C=CC(=O)OCC(Br)OC. The van der Waals surface area contributed by atoms with Crippen LogP contribution in [0.2, 0.25) is 0 Å². The molecule has 58 valence electrons. The monoisotopic (exact) mass is 208 g/mol. The van der Waals surface area contributed by atoms with Crippen molar-refractivity contribution in [3.63, 3.8) is 0 Å². The molecule has 0 aromatic carbocycles. The molecule has 0 bridgehead atoms. The molecule has 0 aliphatic rings. The fraction of sp³-hybridized carbons (Fsp3) is 0.500. The van der Waals surface area contributed by atoms with Gasteiger partial charge in [-0.2, -0.15) is 0 Å². The lowest BCUT2D eigenvalue weighted by molar-refractivity contribution is -0.139. The molecule has 0 saturated carbocycles. The average molecular weight is 209 g/mol. The highest BCUT2D eigenvalue weighted by atomic mass is 79.9. The highest BCUT2D eigenvalue weighted by Gasteiger charge is 2.02. The largest absolute Gasteiger partial charge is 0.459 e. The molecule has 0 N–H and O–H groups in total. The summed E-state index contributed by atoms with van der Waals surface area (Å²) in [5, 5.41) is -0.239. The zero-order valence-electron chi connectivity index (χ0n) is 5.67. The van der Waals surface area contributed by atoms with Crippen LogP contribution in [-0.2, 0) is 14.3 Å². The molecule has 0 aliphatic heterocycles. The van der Waals surface area contributed by atoms with E-state index in [0.717, 1.165) is 6.08 Å². The smallest absolute Gasteiger partial charge is 0.330 e. The Hall–Kier alpha value is -0.350. The van der Waals surface area contributed by atoms with Crippen LogP contribution in [0.1, 0.15) is 0 Å². The summed E-state index contributed by atoms with van der Waals surface area (Å²) in [6.07, 6.45) is 1.11. The summed E-state index contributed by atoms with van der Waals surface area (Å²) in [7, 11) is 1.52. The molecule has 0 saturated heterocycles. The van der Waals surface area contributed by atoms with E-state index in [-0.39, 0.29) is 11.6 Å². The van der Waals surface area contributed by atoms with E-state index in [0.29, 0.717) is 0 Å². The summed E-state index contributed by atoms with van der Waals surface area (Å²) in [5.41, 5.74) is 0. The van der Waals surface area contributed by atoms with Gasteiger partial charge in [0.25, 0.3) is 0 Å². The van der Waals surface area contributed by atoms with Gasteiger partial charge in [-0.05, 0) is 0 Å². The molecule has 0 aliphatic carbocycles. The van der Waals surface area contributed by atoms with Gasteiger partial charge in [-0.25, -0.2) is 4.79 Å². The predicted octanol–water partition coefficient (Wildman–Crippen LogP) is 1.08. The maximum Gasteiger partial charge on any atom is 0.330 e. The number of ether oxygens (including phenoxy) is 2. The highest BCUT2D eigenvalue weighted by Crippen LogP contribution is 1.99. The Morgan fingerprint density at radius 3 is 2.90 bits per heavy atom. The van der Waals surface area contributed by atoms with Gasteiger partial charge in [0.15, 0.2) is 0 Å². The second-order valence-electron chi connectivity index (χ2n) is 1.48. The molecule has 4 heteroatoms. The molecule has 0 heterocycles. The molecular weight excluding hydrogens is 200 g/mol. The lowest BCUT2D eigenvalue weighted by atomic mass is 10.6. The van der Waals surface area contributed by atoms with Crippen LogP contribution in [0.25, 0.3) is 0 Å². The van der Waals surface area contributed by atoms with Crippen LogP contribution in [0, 0.1) is 0 Å². The minimum Gasteiger partial charge on any atom is -0.459 e. The maximum atomic E-state index is 10.4. The first-order valence-corrected chi connectivity index (χ1v) is 3.58. The van der Waals surface area contributed by atoms with Crippen LogP contribution in [0.15, 0.2) is 12.7 Å². The minimum atomic E-state index is -0.443. The Bertz CT molecular complexity index is 124. The summed E-state index contributed by atoms with van der Waals surface area (Å²) in [6.45, 7) is 3.43. The van der Waals surface area contributed by atoms with Gasteiger partial charge in [-0.3, -0.25) is 0 Å². The summed E-state index contributed by atoms with van der Waals surface area (Å²) in [6, 6.07) is 0. The van der Waals surface area contributed by atoms with Crippen molar-refractivity contribution in [2.75, 3.05) is 13.7 Å². The Kier molecular flexibility index (Phi) is 5.25. The number of esters is 1. The normalized spacial score (nSPS) is 12.2. The standard InChI is InChI=1S/C6H9BrO3/c1-3-6(8)10-4-5(7)9-2/h3,5H,1,4H2,2H3. The Morgan fingerprint density at radius 2 is 2.50 bits per heavy atom. The highest BCUT2D eigenvalue weighted by molar-refractivity contribution is 9.09. The van der Waals surface area contributed by atoms with E-state index in [1.54, 1.807) is 0 Å². The quantitative estimate of drug-likeness (QED) is 0.395. The van der Waals surface area contributed by atoms with Crippen molar-refractivity contribution in [3.05, 3.63) is 12.7 Å². The second kappa shape index (κ2) is 5.44. The van der Waals surface area contributed by atoms with E-state index >= 15 is 0 Å². The number of rotatable bonds is 4. The van der Waals surface area contributed by atoms with Gasteiger partial charge < -0.3 is 9.47 Å². The number of alkyl halides is 1. The number of carbonyl (C=O) groups excluding carboxylic acids is 1. The molecule has 0 aromatic heterocycles. The van der Waals surface area contributed by atoms with Gasteiger partial charge in [-0.1, -0.05) is 22.5 Å². The summed E-state index contributed by atoms with van der Waals surface area (Å²) >= 11 is 3.10. The number of carbonyl (C=O) groups is 1. The van der Waals surface area contributed by atoms with Crippen LogP contribution in [0.4, 0.5) is 0 Å². The molecule has 0 radical (unpaired) electrons. The first kappa shape index (κ1) is 9.65. The predicted molar refractivity (Wildman–Crippen MR) is 40.9 cm³/mol. The fourth-order valence-corrected chi connectivity index (χ4v) is 0.407. The average Bonchev–Trinajstić information content (AvgIpc) is 1.99. The third kappa shape index (κ3) is 4.52. The third-order valence-corrected chi connectivity index (χ3v) is 1.42. The number of hydrogen-bond acceptors (Lipinski definition) is 3. The first-order chi connectivity index (χ1) is 4.70. The van der Waals surface area contributed by atoms with Gasteiger partial charge in [0.05, 0.1) is 0 Å². The number of halogens is 1. The molecule has 0 rings (SSSR count). The number of hydrogen-bond donors (Lipinski definition) is 0. The summed E-state index contributed by atoms with van der Waals surface area (Å²) < 4.78 is 9.37. The topological polar surface area (TPSA) is 35.5 Å². The van der Waals surface area contributed by atoms with E-state index in [1.807, 2.05) is 0 Å². The zero-order valence-corrected chi connectivity index (χ0v) is 7.26. The van der Waals surface area contributed by atoms with Gasteiger partial charge >= 0.3 is 5.97 Å². The lowest BCUT2D eigenvalue weighted by Gasteiger charge is -2.06. The van der Waals surface area contributed by atoms with Crippen molar-refractivity contribution in [2.45, 2.75) is 5.01 Å². The molecule has 0 fully saturated rings. The maximum absolute atomic E-state index is 10.4. The van der Waals surface area contributed by atoms with Gasteiger partial charge in [0, 0.05) is 13.2 Å². The van der Waals surface area contributed by atoms with Crippen LogP contribution >= 0.6 is 15.9 Å². The van der Waals surface area contributed by atoms with E-state index in [9.17, 15) is 4.79 Å². The van der Waals surface area contributed by atoms with Gasteiger partial charge in [0.2, 0.25) is 0 Å². The molecule has 0 amide bonds. The minimum absolute atomic E-state index is 0.196. The van der Waals surface area contributed by atoms with Crippen molar-refractivity contribution >= 4 is 21.9 Å². The molecule has 0 spiro atoms. The summed E-state index contributed by atoms with van der Waals surface area (Å²) in [5.74, 6) is -0.443. The molecule has 1 atom stereocenters. The van der Waals surface area contributed by atoms with Crippen molar-refractivity contribution < 1.29 is 14.3 Å². The second-order valence-corrected chi connectivity index (χ2v) is 2.50. The molecule has 10 heavy (non-hydrogen) atoms. The molecule has 0 aromatic rings. The van der Waals surface area contributed by atoms with Crippen LogP contribution in [0.3, 0.4) is 0 Å². The lowest BCUT2D eigenvalue weighted by Crippen LogP contribution is -2.13. The fourth-order valence-electron chi connectivity index (χ4n) is 0.275. The molecular formula is C6H9BrO3. The van der Waals surface area contributed by atoms with Crippen LogP contribution in [0.5, 0.6) is 0 Å². The van der Waals surface area contributed by atoms with E-state index < -0.39 is 5.97 Å². The number of methoxy groups -OCH3 is 1. The van der Waals surface area contributed by atoms with Crippen molar-refractivity contribution in [2.24, 2.45) is 0 Å². The third-order valence-electron chi connectivity index (χ3n) is 0.779. The summed E-state index contributed by atoms with van der Waals surface area (Å²) in [4.78, 5) is 10.4. The van der Waals surface area contributed by atoms with Crippen molar-refractivity contribution in [3.8, 4) is 0 Å². The van der Waals surface area contributed by atoms with E-state index in [2.05, 4.69) is 27.2 Å². The Balaban J connectivity index is 3.34. The van der Waals surface area contributed by atoms with Crippen molar-refractivity contribution in [1.82, 2.24) is 0 Å². The van der Waals surface area contributed by atoms with Gasteiger partial charge in [0.1, 0.15) is 11.6 Å². The van der Waals surface area contributed by atoms with E-state index in [4.69, 9.17) is 4.74 Å².